The van der Waals surface area contributed by atoms with Gasteiger partial charge in [-0.05, 0) is 46.9 Å². The van der Waals surface area contributed by atoms with Crippen LogP contribution in [0.4, 0.5) is 0 Å². The van der Waals surface area contributed by atoms with Crippen molar-refractivity contribution in [3.05, 3.63) is 33.6 Å². The molecule has 0 atom stereocenters. The Morgan fingerprint density at radius 2 is 2.07 bits per heavy atom. The van der Waals surface area contributed by atoms with Gasteiger partial charge >= 0.3 is 0 Å². The quantitative estimate of drug-likeness (QED) is 0.703. The van der Waals surface area contributed by atoms with Gasteiger partial charge in [0.25, 0.3) is 5.91 Å². The average Bonchev–Trinajstić information content (AvgIpc) is 3.20. The van der Waals surface area contributed by atoms with Crippen LogP contribution in [0, 0.1) is 13.8 Å². The number of hydrogen-bond donors (Lipinski definition) is 1. The fourth-order valence-corrected chi connectivity index (χ4v) is 4.12. The van der Waals surface area contributed by atoms with Gasteiger partial charge in [-0.2, -0.15) is 5.10 Å². The van der Waals surface area contributed by atoms with Crippen LogP contribution in [-0.2, 0) is 0 Å². The fourth-order valence-electron chi connectivity index (χ4n) is 3.18. The van der Waals surface area contributed by atoms with Crippen LogP contribution in [0.15, 0.2) is 18.3 Å². The molecule has 0 saturated heterocycles. The van der Waals surface area contributed by atoms with Crippen LogP contribution in [0.1, 0.15) is 40.0 Å². The van der Waals surface area contributed by atoms with Crippen LogP contribution >= 0.6 is 11.3 Å². The van der Waals surface area contributed by atoms with E-state index < -0.39 is 0 Å². The summed E-state index contributed by atoms with van der Waals surface area (Å²) in [4.78, 5) is 22.2. The zero-order valence-electron chi connectivity index (χ0n) is 16.8. The number of carbonyl (C=O) groups excluding carboxylic acids is 1. The van der Waals surface area contributed by atoms with Crippen LogP contribution < -0.4 is 5.32 Å². The summed E-state index contributed by atoms with van der Waals surface area (Å²) in [5.41, 5.74) is 3.33. The maximum Gasteiger partial charge on any atom is 0.254 e. The van der Waals surface area contributed by atoms with Crippen molar-refractivity contribution in [2.24, 2.45) is 0 Å². The van der Waals surface area contributed by atoms with Crippen molar-refractivity contribution in [1.29, 1.82) is 0 Å². The first-order valence-corrected chi connectivity index (χ1v) is 10.0. The Bertz CT molecular complexity index is 972. The first kappa shape index (κ1) is 19.5. The van der Waals surface area contributed by atoms with Gasteiger partial charge in [0, 0.05) is 41.5 Å². The van der Waals surface area contributed by atoms with Gasteiger partial charge in [0.05, 0.1) is 22.8 Å². The number of fused-ring (bicyclic) bond motifs is 1. The van der Waals surface area contributed by atoms with Gasteiger partial charge in [-0.1, -0.05) is 0 Å². The fraction of sp³-hybridized carbons (Fsp3) is 0.450. The summed E-state index contributed by atoms with van der Waals surface area (Å²) in [5.74, 6) is -0.00758. The van der Waals surface area contributed by atoms with E-state index in [9.17, 15) is 4.79 Å². The molecule has 6 nitrogen and oxygen atoms in total. The minimum Gasteiger partial charge on any atom is -0.340 e. The van der Waals surface area contributed by atoms with Crippen molar-refractivity contribution in [2.45, 2.75) is 33.7 Å². The van der Waals surface area contributed by atoms with E-state index in [1.165, 1.54) is 9.75 Å². The van der Waals surface area contributed by atoms with Gasteiger partial charge in [0.1, 0.15) is 0 Å². The second kappa shape index (κ2) is 7.78. The number of aryl methyl sites for hydroxylation is 2. The lowest BCUT2D eigenvalue weighted by Crippen LogP contribution is -2.33. The van der Waals surface area contributed by atoms with Crippen molar-refractivity contribution < 1.29 is 4.79 Å². The van der Waals surface area contributed by atoms with Gasteiger partial charge in [-0.3, -0.25) is 4.79 Å². The zero-order chi connectivity index (χ0) is 19.7. The molecular formula is C20H27N5OS. The smallest absolute Gasteiger partial charge is 0.254 e. The Labute approximate surface area is 164 Å². The minimum atomic E-state index is -0.00758. The van der Waals surface area contributed by atoms with Gasteiger partial charge in [-0.25, -0.2) is 9.67 Å². The van der Waals surface area contributed by atoms with Gasteiger partial charge < -0.3 is 10.2 Å². The highest BCUT2D eigenvalue weighted by Gasteiger charge is 2.21. The van der Waals surface area contributed by atoms with Gasteiger partial charge in [0.2, 0.25) is 0 Å². The molecule has 7 heteroatoms. The number of carbonyl (C=O) groups is 1. The number of pyridine rings is 1. The summed E-state index contributed by atoms with van der Waals surface area (Å²) < 4.78 is 1.89. The number of nitrogens with one attached hydrogen (secondary N) is 1. The van der Waals surface area contributed by atoms with E-state index in [1.807, 2.05) is 24.8 Å². The van der Waals surface area contributed by atoms with E-state index in [0.29, 0.717) is 12.1 Å². The largest absolute Gasteiger partial charge is 0.340 e. The zero-order valence-corrected chi connectivity index (χ0v) is 17.6. The van der Waals surface area contributed by atoms with E-state index in [0.717, 1.165) is 28.8 Å². The molecule has 0 bridgehead atoms. The van der Waals surface area contributed by atoms with Gasteiger partial charge in [-0.15, -0.1) is 11.3 Å². The summed E-state index contributed by atoms with van der Waals surface area (Å²) in [6.07, 6.45) is 1.76. The van der Waals surface area contributed by atoms with E-state index in [-0.39, 0.29) is 11.9 Å². The SMILES string of the molecule is CNCCN(C)C(=O)c1cc(-c2cc(C)sc2C)nc2c1cnn2C(C)C. The third-order valence-electron chi connectivity index (χ3n) is 4.65. The number of nitrogens with zero attached hydrogens (tertiary/aromatic N) is 4. The molecule has 0 aromatic carbocycles. The number of likely N-dealkylation sites (N-methyl/N-ethyl adjacent to an activating group) is 2. The van der Waals surface area contributed by atoms with E-state index in [4.69, 9.17) is 4.98 Å². The Morgan fingerprint density at radius 1 is 1.33 bits per heavy atom. The topological polar surface area (TPSA) is 63.1 Å². The molecule has 0 radical (unpaired) electrons. The molecule has 144 valence electrons. The molecule has 3 rings (SSSR count). The summed E-state index contributed by atoms with van der Waals surface area (Å²) in [6.45, 7) is 9.72. The van der Waals surface area contributed by atoms with Gasteiger partial charge in [0.15, 0.2) is 5.65 Å². The van der Waals surface area contributed by atoms with Crippen LogP contribution in [0.2, 0.25) is 0 Å². The normalized spacial score (nSPS) is 11.5. The van der Waals surface area contributed by atoms with Crippen molar-refractivity contribution in [3.8, 4) is 11.3 Å². The predicted octanol–water partition coefficient (Wildman–Crippen LogP) is 3.65. The Kier molecular flexibility index (Phi) is 5.62. The van der Waals surface area contributed by atoms with Crippen LogP contribution in [-0.4, -0.2) is 52.8 Å². The molecular weight excluding hydrogens is 358 g/mol. The Balaban J connectivity index is 2.19. The Morgan fingerprint density at radius 3 is 2.67 bits per heavy atom. The molecule has 0 aliphatic heterocycles. The van der Waals surface area contributed by atoms with Crippen molar-refractivity contribution in [2.75, 3.05) is 27.2 Å². The molecule has 3 aromatic rings. The van der Waals surface area contributed by atoms with Crippen LogP contribution in [0.25, 0.3) is 22.3 Å². The molecule has 0 aliphatic carbocycles. The molecule has 0 saturated carbocycles. The minimum absolute atomic E-state index is 0.00758. The molecule has 3 aromatic heterocycles. The summed E-state index contributed by atoms with van der Waals surface area (Å²) in [5, 5.41) is 8.39. The highest BCUT2D eigenvalue weighted by Crippen LogP contribution is 2.32. The van der Waals surface area contributed by atoms with Crippen molar-refractivity contribution in [3.63, 3.8) is 0 Å². The molecule has 1 amide bonds. The molecule has 0 spiro atoms. The number of thiophene rings is 1. The highest BCUT2D eigenvalue weighted by atomic mass is 32.1. The molecule has 3 heterocycles. The summed E-state index contributed by atoms with van der Waals surface area (Å²) in [6, 6.07) is 4.23. The lowest BCUT2D eigenvalue weighted by atomic mass is 10.1. The van der Waals surface area contributed by atoms with E-state index in [2.05, 4.69) is 44.2 Å². The molecule has 0 aliphatic rings. The third kappa shape index (κ3) is 3.75. The van der Waals surface area contributed by atoms with Crippen LogP contribution in [0.5, 0.6) is 0 Å². The predicted molar refractivity (Wildman–Crippen MR) is 112 cm³/mol. The van der Waals surface area contributed by atoms with E-state index >= 15 is 0 Å². The monoisotopic (exact) mass is 385 g/mol. The number of rotatable bonds is 6. The maximum absolute atomic E-state index is 13.2. The third-order valence-corrected chi connectivity index (χ3v) is 5.61. The van der Waals surface area contributed by atoms with Crippen molar-refractivity contribution in [1.82, 2.24) is 25.0 Å². The second-order valence-corrected chi connectivity index (χ2v) is 8.59. The van der Waals surface area contributed by atoms with Crippen molar-refractivity contribution >= 4 is 28.3 Å². The maximum atomic E-state index is 13.2. The first-order chi connectivity index (χ1) is 12.8. The number of amides is 1. The molecule has 0 unspecified atom stereocenters. The second-order valence-electron chi connectivity index (χ2n) is 7.13. The Hall–Kier alpha value is -2.25. The lowest BCUT2D eigenvalue weighted by molar-refractivity contribution is 0.0798. The highest BCUT2D eigenvalue weighted by molar-refractivity contribution is 7.12. The molecule has 1 N–H and O–H groups in total. The average molecular weight is 386 g/mol. The standard InChI is InChI=1S/C20H27N5OS/c1-12(2)25-19-17(11-22-25)16(20(26)24(6)8-7-21-5)10-18(23-19)15-9-13(3)27-14(15)4/h9-12,21H,7-8H2,1-6H3. The number of hydrogen-bond acceptors (Lipinski definition) is 5. The summed E-state index contributed by atoms with van der Waals surface area (Å²) >= 11 is 1.75. The molecule has 27 heavy (non-hydrogen) atoms. The molecule has 0 fully saturated rings. The van der Waals surface area contributed by atoms with E-state index in [1.54, 1.807) is 22.4 Å². The summed E-state index contributed by atoms with van der Waals surface area (Å²) in [7, 11) is 3.72. The van der Waals surface area contributed by atoms with Crippen LogP contribution in [0.3, 0.4) is 0 Å². The first-order valence-electron chi connectivity index (χ1n) is 9.19. The number of aromatic nitrogens is 3. The lowest BCUT2D eigenvalue weighted by Gasteiger charge is -2.18.